The summed E-state index contributed by atoms with van der Waals surface area (Å²) in [5.41, 5.74) is 4.98. The van der Waals surface area contributed by atoms with E-state index in [1.165, 1.54) is 0 Å². The quantitative estimate of drug-likeness (QED) is 0.417. The number of para-hydroxylation sites is 1. The van der Waals surface area contributed by atoms with Gasteiger partial charge in [-0.05, 0) is 70.5 Å². The third-order valence-electron chi connectivity index (χ3n) is 5.50. The molecule has 0 spiro atoms. The largest absolute Gasteiger partial charge is 0.490 e. The van der Waals surface area contributed by atoms with Gasteiger partial charge in [-0.3, -0.25) is 0 Å². The molecule has 2 aromatic carbocycles. The highest BCUT2D eigenvalue weighted by Crippen LogP contribution is 2.29. The van der Waals surface area contributed by atoms with Crippen LogP contribution in [0.1, 0.15) is 46.7 Å². The Morgan fingerprint density at radius 1 is 0.969 bits per heavy atom. The Labute approximate surface area is 189 Å². The van der Waals surface area contributed by atoms with E-state index < -0.39 is 5.97 Å². The van der Waals surface area contributed by atoms with E-state index in [2.05, 4.69) is 5.32 Å². The van der Waals surface area contributed by atoms with Gasteiger partial charge in [-0.15, -0.1) is 0 Å². The zero-order chi connectivity index (χ0) is 23.1. The second kappa shape index (κ2) is 10.9. The Morgan fingerprint density at radius 3 is 2.31 bits per heavy atom. The standard InChI is InChI=1S/C26H32N2O4/c1-5-31-23-13-12-20(16-24(23)32-6-2)14-15-27-17-22-18(3)28(19(4)25(22)26(29)30)21-10-8-7-9-11-21/h7-13,16,27H,5-6,14-15,17H2,1-4H3,(H,29,30). The second-order valence-electron chi connectivity index (χ2n) is 7.57. The Balaban J connectivity index is 1.72. The van der Waals surface area contributed by atoms with E-state index in [-0.39, 0.29) is 0 Å². The summed E-state index contributed by atoms with van der Waals surface area (Å²) >= 11 is 0. The molecule has 0 aliphatic heterocycles. The normalized spacial score (nSPS) is 10.9. The van der Waals surface area contributed by atoms with Crippen molar-refractivity contribution in [2.24, 2.45) is 0 Å². The van der Waals surface area contributed by atoms with Gasteiger partial charge in [0.1, 0.15) is 0 Å². The van der Waals surface area contributed by atoms with Crippen molar-refractivity contribution in [3.8, 4) is 17.2 Å². The molecule has 2 N–H and O–H groups in total. The van der Waals surface area contributed by atoms with E-state index in [0.717, 1.165) is 46.1 Å². The van der Waals surface area contributed by atoms with Gasteiger partial charge in [-0.1, -0.05) is 24.3 Å². The molecule has 0 atom stereocenters. The van der Waals surface area contributed by atoms with Crippen LogP contribution in [-0.4, -0.2) is 35.4 Å². The number of carbonyl (C=O) groups is 1. The molecule has 0 saturated carbocycles. The smallest absolute Gasteiger partial charge is 0.337 e. The van der Waals surface area contributed by atoms with Gasteiger partial charge >= 0.3 is 5.97 Å². The van der Waals surface area contributed by atoms with Crippen molar-refractivity contribution < 1.29 is 19.4 Å². The van der Waals surface area contributed by atoms with E-state index in [0.29, 0.717) is 31.9 Å². The molecule has 0 bridgehead atoms. The van der Waals surface area contributed by atoms with Gasteiger partial charge in [0.15, 0.2) is 11.5 Å². The molecule has 0 amide bonds. The SMILES string of the molecule is CCOc1ccc(CCNCc2c(C(=O)O)c(C)n(-c3ccccc3)c2C)cc1OCC. The lowest BCUT2D eigenvalue weighted by atomic mass is 10.1. The van der Waals surface area contributed by atoms with Crippen LogP contribution in [0.4, 0.5) is 0 Å². The van der Waals surface area contributed by atoms with Crippen LogP contribution >= 0.6 is 0 Å². The lowest BCUT2D eigenvalue weighted by molar-refractivity contribution is 0.0695. The zero-order valence-corrected chi connectivity index (χ0v) is 19.3. The molecule has 3 aromatic rings. The fourth-order valence-corrected chi connectivity index (χ4v) is 4.06. The Hall–Kier alpha value is -3.25. The number of nitrogens with one attached hydrogen (secondary N) is 1. The van der Waals surface area contributed by atoms with Crippen molar-refractivity contribution in [3.05, 3.63) is 76.6 Å². The van der Waals surface area contributed by atoms with Crippen LogP contribution in [0.5, 0.6) is 11.5 Å². The lowest BCUT2D eigenvalue weighted by Gasteiger charge is -2.13. The summed E-state index contributed by atoms with van der Waals surface area (Å²) in [6.45, 7) is 10.1. The van der Waals surface area contributed by atoms with Gasteiger partial charge in [0.2, 0.25) is 0 Å². The minimum atomic E-state index is -0.898. The first-order chi connectivity index (χ1) is 15.5. The number of ether oxygens (including phenoxy) is 2. The first-order valence-electron chi connectivity index (χ1n) is 11.1. The summed E-state index contributed by atoms with van der Waals surface area (Å²) in [6.07, 6.45) is 0.798. The van der Waals surface area contributed by atoms with Crippen molar-refractivity contribution >= 4 is 5.97 Å². The van der Waals surface area contributed by atoms with Gasteiger partial charge in [0, 0.05) is 29.2 Å². The van der Waals surface area contributed by atoms with E-state index in [9.17, 15) is 9.90 Å². The van der Waals surface area contributed by atoms with E-state index >= 15 is 0 Å². The molecule has 0 saturated heterocycles. The summed E-state index contributed by atoms with van der Waals surface area (Å²) in [4.78, 5) is 12.0. The maximum atomic E-state index is 12.0. The maximum Gasteiger partial charge on any atom is 0.337 e. The molecule has 170 valence electrons. The molecule has 32 heavy (non-hydrogen) atoms. The van der Waals surface area contributed by atoms with Crippen LogP contribution < -0.4 is 14.8 Å². The minimum Gasteiger partial charge on any atom is -0.490 e. The topological polar surface area (TPSA) is 72.7 Å². The molecule has 6 heteroatoms. The fourth-order valence-electron chi connectivity index (χ4n) is 4.06. The van der Waals surface area contributed by atoms with Crippen LogP contribution in [-0.2, 0) is 13.0 Å². The molecule has 0 aliphatic carbocycles. The number of benzene rings is 2. The number of aromatic carboxylic acids is 1. The number of hydrogen-bond donors (Lipinski definition) is 2. The van der Waals surface area contributed by atoms with Crippen LogP contribution in [0, 0.1) is 13.8 Å². The highest BCUT2D eigenvalue weighted by molar-refractivity contribution is 5.91. The van der Waals surface area contributed by atoms with Crippen LogP contribution in [0.3, 0.4) is 0 Å². The number of rotatable bonds is 11. The van der Waals surface area contributed by atoms with E-state index in [1.807, 2.05) is 80.8 Å². The van der Waals surface area contributed by atoms with Crippen LogP contribution in [0.15, 0.2) is 48.5 Å². The predicted octanol–water partition coefficient (Wildman–Crippen LogP) is 4.92. The second-order valence-corrected chi connectivity index (χ2v) is 7.57. The molecule has 1 heterocycles. The summed E-state index contributed by atoms with van der Waals surface area (Å²) in [5, 5.41) is 13.3. The Morgan fingerprint density at radius 2 is 1.66 bits per heavy atom. The first-order valence-corrected chi connectivity index (χ1v) is 11.1. The van der Waals surface area contributed by atoms with Crippen molar-refractivity contribution in [2.45, 2.75) is 40.7 Å². The molecule has 3 rings (SSSR count). The molecular formula is C26H32N2O4. The summed E-state index contributed by atoms with van der Waals surface area (Å²) in [7, 11) is 0. The summed E-state index contributed by atoms with van der Waals surface area (Å²) in [5.74, 6) is 0.613. The van der Waals surface area contributed by atoms with Gasteiger partial charge in [-0.2, -0.15) is 0 Å². The van der Waals surface area contributed by atoms with Crippen LogP contribution in [0.25, 0.3) is 5.69 Å². The molecule has 0 radical (unpaired) electrons. The van der Waals surface area contributed by atoms with Gasteiger partial charge in [0.25, 0.3) is 0 Å². The summed E-state index contributed by atoms with van der Waals surface area (Å²) < 4.78 is 13.4. The first kappa shape index (κ1) is 23.4. The average molecular weight is 437 g/mol. The molecule has 6 nitrogen and oxygen atoms in total. The Bertz CT molecular complexity index is 1060. The van der Waals surface area contributed by atoms with E-state index in [4.69, 9.17) is 9.47 Å². The number of hydrogen-bond acceptors (Lipinski definition) is 4. The van der Waals surface area contributed by atoms with Gasteiger partial charge < -0.3 is 24.5 Å². The fraction of sp³-hybridized carbons (Fsp3) is 0.346. The van der Waals surface area contributed by atoms with E-state index in [1.54, 1.807) is 0 Å². The van der Waals surface area contributed by atoms with Crippen molar-refractivity contribution in [3.63, 3.8) is 0 Å². The molecule has 0 unspecified atom stereocenters. The van der Waals surface area contributed by atoms with Crippen LogP contribution in [0.2, 0.25) is 0 Å². The number of nitrogens with zero attached hydrogens (tertiary/aromatic N) is 1. The number of carboxylic acid groups (broad SMARTS) is 1. The highest BCUT2D eigenvalue weighted by Gasteiger charge is 2.23. The average Bonchev–Trinajstić information content (AvgIpc) is 3.03. The van der Waals surface area contributed by atoms with Gasteiger partial charge in [0.05, 0.1) is 18.8 Å². The number of carboxylic acids is 1. The van der Waals surface area contributed by atoms with Crippen molar-refractivity contribution in [1.29, 1.82) is 0 Å². The monoisotopic (exact) mass is 436 g/mol. The zero-order valence-electron chi connectivity index (χ0n) is 19.3. The lowest BCUT2D eigenvalue weighted by Crippen LogP contribution is -2.18. The van der Waals surface area contributed by atoms with Crippen molar-refractivity contribution in [2.75, 3.05) is 19.8 Å². The molecule has 0 aliphatic rings. The molecular weight excluding hydrogens is 404 g/mol. The van der Waals surface area contributed by atoms with Crippen molar-refractivity contribution in [1.82, 2.24) is 9.88 Å². The maximum absolute atomic E-state index is 12.0. The third-order valence-corrected chi connectivity index (χ3v) is 5.50. The van der Waals surface area contributed by atoms with Gasteiger partial charge in [-0.25, -0.2) is 4.79 Å². The Kier molecular flexibility index (Phi) is 7.95. The predicted molar refractivity (Wildman–Crippen MR) is 126 cm³/mol. The molecule has 0 fully saturated rings. The third kappa shape index (κ3) is 5.14. The molecule has 1 aromatic heterocycles. The number of aromatic nitrogens is 1. The highest BCUT2D eigenvalue weighted by atomic mass is 16.5. The summed E-state index contributed by atoms with van der Waals surface area (Å²) in [6, 6.07) is 15.9. The minimum absolute atomic E-state index is 0.374.